The maximum absolute atomic E-state index is 13.9. The molecule has 4 rings (SSSR count). The highest BCUT2D eigenvalue weighted by atomic mass is 19.3. The molecule has 186 valence electrons. The first kappa shape index (κ1) is 24.6. The number of ether oxygens (including phenoxy) is 1. The van der Waals surface area contributed by atoms with Crippen LogP contribution in [0.1, 0.15) is 43.2 Å². The molecule has 0 radical (unpaired) electrons. The molecular weight excluding hydrogens is 458 g/mol. The molecule has 2 aromatic carbocycles. The SMILES string of the molecule is CCC(CC(=O)N1CCC(F)(F)C(C(=O)O)C1)NC(=O)OCC1c2ccccc2-c2ccccc21. The summed E-state index contributed by atoms with van der Waals surface area (Å²) in [5, 5.41) is 11.8. The van der Waals surface area contributed by atoms with Crippen molar-refractivity contribution < 1.29 is 33.0 Å². The number of hydrogen-bond donors (Lipinski definition) is 2. The zero-order valence-electron chi connectivity index (χ0n) is 19.4. The smallest absolute Gasteiger partial charge is 0.407 e. The summed E-state index contributed by atoms with van der Waals surface area (Å²) in [6.07, 6.45) is -1.08. The van der Waals surface area contributed by atoms with E-state index in [0.29, 0.717) is 6.42 Å². The largest absolute Gasteiger partial charge is 0.481 e. The first-order valence-corrected chi connectivity index (χ1v) is 11.7. The van der Waals surface area contributed by atoms with E-state index in [-0.39, 0.29) is 25.5 Å². The number of alkyl halides is 2. The van der Waals surface area contributed by atoms with Crippen molar-refractivity contribution in [3.63, 3.8) is 0 Å². The normalized spacial score (nSPS) is 19.4. The number of nitrogens with zero attached hydrogens (tertiary/aromatic N) is 1. The molecule has 9 heteroatoms. The van der Waals surface area contributed by atoms with Crippen molar-refractivity contribution in [1.29, 1.82) is 0 Å². The Bertz CT molecular complexity index is 1080. The molecule has 2 aromatic rings. The van der Waals surface area contributed by atoms with E-state index in [1.165, 1.54) is 0 Å². The molecule has 1 heterocycles. The van der Waals surface area contributed by atoms with Crippen LogP contribution in [0.5, 0.6) is 0 Å². The molecule has 35 heavy (non-hydrogen) atoms. The predicted octanol–water partition coefficient (Wildman–Crippen LogP) is 4.26. The molecule has 0 saturated carbocycles. The lowest BCUT2D eigenvalue weighted by atomic mass is 9.93. The first-order valence-electron chi connectivity index (χ1n) is 11.7. The van der Waals surface area contributed by atoms with Gasteiger partial charge >= 0.3 is 12.1 Å². The number of nitrogens with one attached hydrogen (secondary N) is 1. The molecule has 0 aromatic heterocycles. The highest BCUT2D eigenvalue weighted by molar-refractivity contribution is 5.80. The molecule has 0 bridgehead atoms. The zero-order valence-corrected chi connectivity index (χ0v) is 19.4. The number of carboxylic acid groups (broad SMARTS) is 1. The summed E-state index contributed by atoms with van der Waals surface area (Å²) in [6, 6.07) is 15.4. The van der Waals surface area contributed by atoms with Gasteiger partial charge in [0.15, 0.2) is 0 Å². The second-order valence-electron chi connectivity index (χ2n) is 9.02. The number of alkyl carbamates (subject to hydrolysis) is 1. The van der Waals surface area contributed by atoms with E-state index >= 15 is 0 Å². The van der Waals surface area contributed by atoms with E-state index in [1.54, 1.807) is 6.92 Å². The molecule has 1 saturated heterocycles. The number of benzene rings is 2. The maximum atomic E-state index is 13.9. The summed E-state index contributed by atoms with van der Waals surface area (Å²) in [5.74, 6) is -7.49. The van der Waals surface area contributed by atoms with Crippen LogP contribution in [0.3, 0.4) is 0 Å². The van der Waals surface area contributed by atoms with Gasteiger partial charge in [-0.2, -0.15) is 0 Å². The second-order valence-corrected chi connectivity index (χ2v) is 9.02. The van der Waals surface area contributed by atoms with Gasteiger partial charge in [0.05, 0.1) is 0 Å². The molecule has 1 fully saturated rings. The summed E-state index contributed by atoms with van der Waals surface area (Å²) in [7, 11) is 0. The highest BCUT2D eigenvalue weighted by Gasteiger charge is 2.49. The topological polar surface area (TPSA) is 95.9 Å². The van der Waals surface area contributed by atoms with Crippen LogP contribution < -0.4 is 5.32 Å². The molecule has 2 atom stereocenters. The molecule has 7 nitrogen and oxygen atoms in total. The fraction of sp³-hybridized carbons (Fsp3) is 0.423. The molecule has 1 aliphatic carbocycles. The fourth-order valence-corrected chi connectivity index (χ4v) is 4.83. The molecule has 0 spiro atoms. The van der Waals surface area contributed by atoms with Gasteiger partial charge in [-0.3, -0.25) is 9.59 Å². The Labute approximate surface area is 202 Å². The van der Waals surface area contributed by atoms with Crippen molar-refractivity contribution in [2.24, 2.45) is 5.92 Å². The van der Waals surface area contributed by atoms with Crippen molar-refractivity contribution in [2.45, 2.75) is 44.1 Å². The van der Waals surface area contributed by atoms with Crippen LogP contribution in [-0.4, -0.2) is 59.6 Å². The maximum Gasteiger partial charge on any atom is 0.407 e. The van der Waals surface area contributed by atoms with Crippen LogP contribution in [0, 0.1) is 5.92 Å². The van der Waals surface area contributed by atoms with Crippen molar-refractivity contribution in [2.75, 3.05) is 19.7 Å². The van der Waals surface area contributed by atoms with Crippen LogP contribution in [0.2, 0.25) is 0 Å². The van der Waals surface area contributed by atoms with E-state index < -0.39 is 48.8 Å². The van der Waals surface area contributed by atoms with Crippen molar-refractivity contribution in [3.8, 4) is 11.1 Å². The predicted molar refractivity (Wildman–Crippen MR) is 124 cm³/mol. The van der Waals surface area contributed by atoms with Crippen LogP contribution >= 0.6 is 0 Å². The number of rotatable bonds is 7. The minimum Gasteiger partial charge on any atom is -0.481 e. The summed E-state index contributed by atoms with van der Waals surface area (Å²) in [6.45, 7) is 1.14. The lowest BCUT2D eigenvalue weighted by Crippen LogP contribution is -2.53. The summed E-state index contributed by atoms with van der Waals surface area (Å²) >= 11 is 0. The van der Waals surface area contributed by atoms with E-state index in [0.717, 1.165) is 27.2 Å². The Morgan fingerprint density at radius 3 is 2.29 bits per heavy atom. The van der Waals surface area contributed by atoms with Gasteiger partial charge in [-0.15, -0.1) is 0 Å². The third kappa shape index (κ3) is 5.13. The Morgan fingerprint density at radius 2 is 1.71 bits per heavy atom. The molecule has 2 N–H and O–H groups in total. The molecule has 1 aliphatic heterocycles. The van der Waals surface area contributed by atoms with E-state index in [2.05, 4.69) is 5.32 Å². The minimum atomic E-state index is -3.35. The van der Waals surface area contributed by atoms with Crippen LogP contribution in [0.25, 0.3) is 11.1 Å². The number of piperidine rings is 1. The highest BCUT2D eigenvalue weighted by Crippen LogP contribution is 2.44. The standard InChI is InChI=1S/C26H28F2N2O5/c1-2-16(13-23(31)30-12-11-26(27,28)22(14-30)24(32)33)29-25(34)35-15-21-19-9-5-3-7-17(19)18-8-4-6-10-20(18)21/h3-10,16,21-22H,2,11-15H2,1H3,(H,29,34)(H,32,33). The van der Waals surface area contributed by atoms with Gasteiger partial charge in [-0.25, -0.2) is 13.6 Å². The molecule has 2 aliphatic rings. The number of halogens is 2. The van der Waals surface area contributed by atoms with Crippen molar-refractivity contribution in [1.82, 2.24) is 10.2 Å². The molecule has 2 amide bonds. The van der Waals surface area contributed by atoms with Crippen LogP contribution in [-0.2, 0) is 14.3 Å². The third-order valence-corrected chi connectivity index (χ3v) is 6.86. The fourth-order valence-electron chi connectivity index (χ4n) is 4.83. The first-order chi connectivity index (χ1) is 16.7. The molecule has 2 unspecified atom stereocenters. The summed E-state index contributed by atoms with van der Waals surface area (Å²) < 4.78 is 33.2. The number of fused-ring (bicyclic) bond motifs is 3. The number of hydrogen-bond acceptors (Lipinski definition) is 4. The van der Waals surface area contributed by atoms with Gasteiger partial charge in [-0.1, -0.05) is 55.5 Å². The monoisotopic (exact) mass is 486 g/mol. The van der Waals surface area contributed by atoms with Crippen molar-refractivity contribution in [3.05, 3.63) is 59.7 Å². The Morgan fingerprint density at radius 1 is 1.11 bits per heavy atom. The number of aliphatic carboxylic acids is 1. The lowest BCUT2D eigenvalue weighted by Gasteiger charge is -2.36. The second kappa shape index (κ2) is 10.0. The minimum absolute atomic E-state index is 0.0992. The number of amides is 2. The van der Waals surface area contributed by atoms with Gasteiger partial charge in [0, 0.05) is 37.9 Å². The number of carbonyl (C=O) groups is 3. The van der Waals surface area contributed by atoms with Crippen molar-refractivity contribution >= 4 is 18.0 Å². The average molecular weight is 487 g/mol. The summed E-state index contributed by atoms with van der Waals surface area (Å²) in [4.78, 5) is 37.6. The number of likely N-dealkylation sites (tertiary alicyclic amines) is 1. The van der Waals surface area contributed by atoms with Gasteiger partial charge in [0.2, 0.25) is 5.91 Å². The van der Waals surface area contributed by atoms with Gasteiger partial charge in [0.25, 0.3) is 5.92 Å². The number of carboxylic acids is 1. The lowest BCUT2D eigenvalue weighted by molar-refractivity contribution is -0.169. The van der Waals surface area contributed by atoms with Crippen LogP contribution in [0.4, 0.5) is 13.6 Å². The molecular formula is C26H28F2N2O5. The third-order valence-electron chi connectivity index (χ3n) is 6.86. The van der Waals surface area contributed by atoms with Crippen LogP contribution in [0.15, 0.2) is 48.5 Å². The summed E-state index contributed by atoms with van der Waals surface area (Å²) in [5.41, 5.74) is 4.39. The Kier molecular flexibility index (Phi) is 7.05. The average Bonchev–Trinajstić information content (AvgIpc) is 3.15. The quantitative estimate of drug-likeness (QED) is 0.610. The number of carbonyl (C=O) groups excluding carboxylic acids is 2. The van der Waals surface area contributed by atoms with E-state index in [4.69, 9.17) is 9.84 Å². The van der Waals surface area contributed by atoms with E-state index in [1.807, 2.05) is 48.5 Å². The van der Waals surface area contributed by atoms with E-state index in [9.17, 15) is 23.2 Å². The Hall–Kier alpha value is -3.49. The van der Waals surface area contributed by atoms with Gasteiger partial charge in [0.1, 0.15) is 12.5 Å². The Balaban J connectivity index is 1.33. The van der Waals surface area contributed by atoms with Gasteiger partial charge in [-0.05, 0) is 28.7 Å². The zero-order chi connectivity index (χ0) is 25.2. The van der Waals surface area contributed by atoms with Gasteiger partial charge < -0.3 is 20.1 Å².